The third kappa shape index (κ3) is 1.52. The van der Waals surface area contributed by atoms with Crippen molar-refractivity contribution in [2.24, 2.45) is 17.8 Å². The van der Waals surface area contributed by atoms with E-state index in [0.29, 0.717) is 17.3 Å². The largest absolute Gasteiger partial charge is 0.399 e. The molecule has 1 saturated heterocycles. The fraction of sp³-hybridized carbons (Fsp3) is 0.429. The van der Waals surface area contributed by atoms with Crippen LogP contribution in [0.15, 0.2) is 24.3 Å². The van der Waals surface area contributed by atoms with Gasteiger partial charge in [-0.15, -0.1) is 0 Å². The number of imide groups is 1. The smallest absolute Gasteiger partial charge is 0.237 e. The Labute approximate surface area is 106 Å². The predicted molar refractivity (Wildman–Crippen MR) is 68.7 cm³/mol. The number of nitrogens with zero attached hydrogens (tertiary/aromatic N) is 1. The Balaban J connectivity index is 1.96. The van der Waals surface area contributed by atoms with Gasteiger partial charge in [-0.3, -0.25) is 9.59 Å². The topological polar surface area (TPSA) is 63.4 Å². The molecule has 2 aliphatic rings. The average Bonchev–Trinajstić information content (AvgIpc) is 2.79. The molecule has 4 nitrogen and oxygen atoms in total. The van der Waals surface area contributed by atoms with Gasteiger partial charge in [0.1, 0.15) is 0 Å². The number of anilines is 2. The molecule has 0 radical (unpaired) electrons. The molecule has 2 N–H and O–H groups in total. The second kappa shape index (κ2) is 3.83. The van der Waals surface area contributed by atoms with Crippen LogP contribution >= 0.6 is 0 Å². The van der Waals surface area contributed by atoms with E-state index in [0.717, 1.165) is 12.8 Å². The molecule has 4 heteroatoms. The van der Waals surface area contributed by atoms with Crippen LogP contribution in [0.3, 0.4) is 0 Å². The molecule has 2 fully saturated rings. The number of hydrogen-bond donors (Lipinski definition) is 1. The monoisotopic (exact) mass is 244 g/mol. The maximum Gasteiger partial charge on any atom is 0.237 e. The number of carbonyl (C=O) groups excluding carboxylic acids is 2. The van der Waals surface area contributed by atoms with E-state index in [4.69, 9.17) is 5.73 Å². The average molecular weight is 244 g/mol. The number of rotatable bonds is 1. The normalized spacial score (nSPS) is 30.9. The van der Waals surface area contributed by atoms with Crippen molar-refractivity contribution in [3.05, 3.63) is 24.3 Å². The molecule has 0 aromatic heterocycles. The first-order chi connectivity index (χ1) is 8.58. The van der Waals surface area contributed by atoms with Gasteiger partial charge in [-0.1, -0.05) is 13.0 Å². The van der Waals surface area contributed by atoms with Gasteiger partial charge in [-0.2, -0.15) is 0 Å². The van der Waals surface area contributed by atoms with Gasteiger partial charge in [-0.25, -0.2) is 4.90 Å². The van der Waals surface area contributed by atoms with E-state index in [-0.39, 0.29) is 23.7 Å². The number of amides is 2. The first kappa shape index (κ1) is 11.3. The zero-order valence-electron chi connectivity index (χ0n) is 10.3. The Hall–Kier alpha value is -1.84. The van der Waals surface area contributed by atoms with Crippen LogP contribution in [0.2, 0.25) is 0 Å². The Morgan fingerprint density at radius 2 is 1.78 bits per heavy atom. The van der Waals surface area contributed by atoms with E-state index in [2.05, 4.69) is 6.92 Å². The lowest BCUT2D eigenvalue weighted by Crippen LogP contribution is -2.32. The zero-order chi connectivity index (χ0) is 12.9. The Kier molecular flexibility index (Phi) is 2.40. The van der Waals surface area contributed by atoms with Gasteiger partial charge in [-0.05, 0) is 37.0 Å². The van der Waals surface area contributed by atoms with Crippen molar-refractivity contribution in [3.8, 4) is 0 Å². The summed E-state index contributed by atoms with van der Waals surface area (Å²) in [6.45, 7) is 2.10. The zero-order valence-corrected chi connectivity index (χ0v) is 10.3. The number of fused-ring (bicyclic) bond motifs is 1. The van der Waals surface area contributed by atoms with Crippen LogP contribution in [-0.2, 0) is 9.59 Å². The molecule has 2 atom stereocenters. The first-order valence-electron chi connectivity index (χ1n) is 6.31. The van der Waals surface area contributed by atoms with Crippen molar-refractivity contribution in [1.82, 2.24) is 0 Å². The molecule has 0 bridgehead atoms. The summed E-state index contributed by atoms with van der Waals surface area (Å²) in [5.74, 6) is 0.124. The summed E-state index contributed by atoms with van der Waals surface area (Å²) < 4.78 is 0. The van der Waals surface area contributed by atoms with Crippen molar-refractivity contribution >= 4 is 23.2 Å². The molecule has 18 heavy (non-hydrogen) atoms. The van der Waals surface area contributed by atoms with Crippen molar-refractivity contribution in [2.75, 3.05) is 10.6 Å². The number of nitrogen functional groups attached to an aromatic ring is 1. The van der Waals surface area contributed by atoms with Gasteiger partial charge in [0, 0.05) is 5.69 Å². The molecule has 3 rings (SSSR count). The lowest BCUT2D eigenvalue weighted by Gasteiger charge is -2.17. The highest BCUT2D eigenvalue weighted by Gasteiger charge is 2.52. The third-order valence-electron chi connectivity index (χ3n) is 4.00. The summed E-state index contributed by atoms with van der Waals surface area (Å²) in [6, 6.07) is 6.95. The highest BCUT2D eigenvalue weighted by atomic mass is 16.2. The van der Waals surface area contributed by atoms with E-state index < -0.39 is 0 Å². The van der Waals surface area contributed by atoms with Crippen molar-refractivity contribution < 1.29 is 9.59 Å². The quantitative estimate of drug-likeness (QED) is 0.605. The van der Waals surface area contributed by atoms with Crippen LogP contribution in [-0.4, -0.2) is 11.8 Å². The van der Waals surface area contributed by atoms with Crippen molar-refractivity contribution in [1.29, 1.82) is 0 Å². The van der Waals surface area contributed by atoms with Crippen molar-refractivity contribution in [2.45, 2.75) is 19.8 Å². The minimum atomic E-state index is -0.117. The van der Waals surface area contributed by atoms with Gasteiger partial charge in [0.05, 0.1) is 17.5 Å². The fourth-order valence-electron chi connectivity index (χ4n) is 3.20. The van der Waals surface area contributed by atoms with Gasteiger partial charge in [0.25, 0.3) is 0 Å². The summed E-state index contributed by atoms with van der Waals surface area (Å²) in [4.78, 5) is 26.0. The molecule has 1 heterocycles. The van der Waals surface area contributed by atoms with E-state index in [1.807, 2.05) is 0 Å². The first-order valence-corrected chi connectivity index (χ1v) is 6.31. The molecule has 2 amide bonds. The Morgan fingerprint density at radius 3 is 2.33 bits per heavy atom. The summed E-state index contributed by atoms with van der Waals surface area (Å²) in [7, 11) is 0. The summed E-state index contributed by atoms with van der Waals surface area (Å²) in [5, 5.41) is 0. The molecule has 2 unspecified atom stereocenters. The molecule has 1 aliphatic carbocycles. The molecule has 0 spiro atoms. The number of carbonyl (C=O) groups is 2. The number of benzene rings is 1. The lowest BCUT2D eigenvalue weighted by molar-refractivity contribution is -0.123. The molecule has 94 valence electrons. The van der Waals surface area contributed by atoms with E-state index in [1.54, 1.807) is 24.3 Å². The minimum Gasteiger partial charge on any atom is -0.399 e. The SMILES string of the molecule is CC1CC2C(=O)N(c3cccc(N)c3)C(=O)C2C1. The second-order valence-electron chi connectivity index (χ2n) is 5.40. The van der Waals surface area contributed by atoms with Gasteiger partial charge in [0.15, 0.2) is 0 Å². The summed E-state index contributed by atoms with van der Waals surface area (Å²) in [5.41, 5.74) is 6.88. The minimum absolute atomic E-state index is 0.0556. The van der Waals surface area contributed by atoms with Crippen LogP contribution in [0.5, 0.6) is 0 Å². The highest BCUT2D eigenvalue weighted by molar-refractivity contribution is 6.22. The Morgan fingerprint density at radius 1 is 1.17 bits per heavy atom. The van der Waals surface area contributed by atoms with Gasteiger partial charge < -0.3 is 5.73 Å². The van der Waals surface area contributed by atoms with Crippen molar-refractivity contribution in [3.63, 3.8) is 0 Å². The van der Waals surface area contributed by atoms with E-state index in [9.17, 15) is 9.59 Å². The number of hydrogen-bond acceptors (Lipinski definition) is 3. The van der Waals surface area contributed by atoms with E-state index in [1.165, 1.54) is 4.90 Å². The molecular formula is C14H16N2O2. The Bertz CT molecular complexity index is 502. The van der Waals surface area contributed by atoms with Crippen LogP contribution in [0, 0.1) is 17.8 Å². The summed E-state index contributed by atoms with van der Waals surface area (Å²) in [6.07, 6.45) is 1.65. The van der Waals surface area contributed by atoms with Crippen LogP contribution in [0.4, 0.5) is 11.4 Å². The molecule has 1 aliphatic heterocycles. The lowest BCUT2D eigenvalue weighted by atomic mass is 10.00. The van der Waals surface area contributed by atoms with Gasteiger partial charge >= 0.3 is 0 Å². The van der Waals surface area contributed by atoms with Crippen LogP contribution in [0.1, 0.15) is 19.8 Å². The fourth-order valence-corrected chi connectivity index (χ4v) is 3.20. The van der Waals surface area contributed by atoms with E-state index >= 15 is 0 Å². The maximum atomic E-state index is 12.3. The predicted octanol–water partition coefficient (Wildman–Crippen LogP) is 1.80. The highest BCUT2D eigenvalue weighted by Crippen LogP contribution is 2.44. The molecule has 1 aromatic carbocycles. The van der Waals surface area contributed by atoms with Crippen LogP contribution < -0.4 is 10.6 Å². The summed E-state index contributed by atoms with van der Waals surface area (Å²) >= 11 is 0. The standard InChI is InChI=1S/C14H16N2O2/c1-8-5-11-12(6-8)14(18)16(13(11)17)10-4-2-3-9(15)7-10/h2-4,7-8,11-12H,5-6,15H2,1H3. The third-order valence-corrected chi connectivity index (χ3v) is 4.00. The molecule has 1 saturated carbocycles. The second-order valence-corrected chi connectivity index (χ2v) is 5.40. The van der Waals surface area contributed by atoms with Gasteiger partial charge in [0.2, 0.25) is 11.8 Å². The number of nitrogens with two attached hydrogens (primary N) is 1. The molecule has 1 aromatic rings. The maximum absolute atomic E-state index is 12.3. The molecular weight excluding hydrogens is 228 g/mol. The van der Waals surface area contributed by atoms with Crippen LogP contribution in [0.25, 0.3) is 0 Å².